The van der Waals surface area contributed by atoms with Gasteiger partial charge in [-0.25, -0.2) is 0 Å². The third-order valence-corrected chi connectivity index (χ3v) is 4.92. The fraction of sp³-hybridized carbons (Fsp3) is 0.421. The second-order valence-electron chi connectivity index (χ2n) is 6.78. The Hall–Kier alpha value is -2.45. The number of aliphatic hydroxyl groups excluding tert-OH is 1. The summed E-state index contributed by atoms with van der Waals surface area (Å²) >= 11 is 1.04. The first-order chi connectivity index (χ1) is 13.0. The van der Waals surface area contributed by atoms with E-state index in [1.807, 2.05) is 30.3 Å². The van der Waals surface area contributed by atoms with Crippen LogP contribution in [0.5, 0.6) is 6.01 Å². The highest BCUT2D eigenvalue weighted by Gasteiger charge is 2.17. The Labute approximate surface area is 161 Å². The van der Waals surface area contributed by atoms with E-state index in [0.29, 0.717) is 28.7 Å². The van der Waals surface area contributed by atoms with Crippen molar-refractivity contribution in [3.8, 4) is 6.01 Å². The number of thiazole rings is 1. The topological polar surface area (TPSA) is 100 Å². The van der Waals surface area contributed by atoms with Crippen molar-refractivity contribution >= 4 is 27.5 Å². The lowest BCUT2D eigenvalue weighted by molar-refractivity contribution is 0.259. The smallest absolute Gasteiger partial charge is 0.320 e. The van der Waals surface area contributed by atoms with Crippen molar-refractivity contribution in [1.29, 1.82) is 0 Å². The van der Waals surface area contributed by atoms with Crippen LogP contribution in [0.1, 0.15) is 25.8 Å². The zero-order chi connectivity index (χ0) is 19.2. The molecule has 0 amide bonds. The van der Waals surface area contributed by atoms with Crippen molar-refractivity contribution in [2.24, 2.45) is 5.92 Å². The predicted octanol–water partition coefficient (Wildman–Crippen LogP) is 2.82. The summed E-state index contributed by atoms with van der Waals surface area (Å²) in [4.78, 5) is 23.0. The zero-order valence-corrected chi connectivity index (χ0v) is 16.3. The fourth-order valence-corrected chi connectivity index (χ4v) is 3.56. The molecule has 27 heavy (non-hydrogen) atoms. The Balaban J connectivity index is 1.78. The van der Waals surface area contributed by atoms with E-state index in [9.17, 15) is 9.90 Å². The van der Waals surface area contributed by atoms with Gasteiger partial charge in [-0.2, -0.15) is 9.97 Å². The molecule has 0 bridgehead atoms. The van der Waals surface area contributed by atoms with Crippen LogP contribution < -0.4 is 14.9 Å². The maximum atomic E-state index is 11.8. The molecule has 0 saturated heterocycles. The number of aromatic nitrogens is 3. The summed E-state index contributed by atoms with van der Waals surface area (Å²) in [6.45, 7) is 4.59. The fourth-order valence-electron chi connectivity index (χ4n) is 2.83. The number of aromatic amines is 1. The summed E-state index contributed by atoms with van der Waals surface area (Å²) in [5.74, 6) is 0.927. The molecule has 7 nitrogen and oxygen atoms in total. The van der Waals surface area contributed by atoms with E-state index in [2.05, 4.69) is 34.1 Å². The van der Waals surface area contributed by atoms with Crippen LogP contribution in [-0.4, -0.2) is 39.3 Å². The molecule has 0 radical (unpaired) electrons. The van der Waals surface area contributed by atoms with Gasteiger partial charge in [0.15, 0.2) is 11.5 Å². The minimum atomic E-state index is -0.201. The van der Waals surface area contributed by atoms with E-state index in [4.69, 9.17) is 4.74 Å². The predicted molar refractivity (Wildman–Crippen MR) is 108 cm³/mol. The number of hydrogen-bond donors (Lipinski definition) is 3. The van der Waals surface area contributed by atoms with Gasteiger partial charge in [0.05, 0.1) is 19.3 Å². The number of ether oxygens (including phenoxy) is 1. The molecule has 0 aliphatic rings. The molecule has 0 fully saturated rings. The van der Waals surface area contributed by atoms with Crippen molar-refractivity contribution in [1.82, 2.24) is 15.0 Å². The third-order valence-electron chi connectivity index (χ3n) is 4.04. The summed E-state index contributed by atoms with van der Waals surface area (Å²) in [7, 11) is 0. The maximum Gasteiger partial charge on any atom is 0.320 e. The number of H-pyrrole nitrogens is 1. The van der Waals surface area contributed by atoms with Gasteiger partial charge in [0, 0.05) is 6.42 Å². The molecule has 8 heteroatoms. The first kappa shape index (κ1) is 19.3. The van der Waals surface area contributed by atoms with Crippen LogP contribution in [0.2, 0.25) is 0 Å². The zero-order valence-electron chi connectivity index (χ0n) is 15.4. The van der Waals surface area contributed by atoms with Crippen molar-refractivity contribution < 1.29 is 9.84 Å². The molecule has 144 valence electrons. The largest absolute Gasteiger partial charge is 0.463 e. The summed E-state index contributed by atoms with van der Waals surface area (Å²) in [5.41, 5.74) is 1.61. The molecular weight excluding hydrogens is 364 g/mol. The van der Waals surface area contributed by atoms with Crippen LogP contribution in [0.4, 0.5) is 5.82 Å². The second kappa shape index (κ2) is 8.96. The number of hydrogen-bond acceptors (Lipinski definition) is 7. The average Bonchev–Trinajstić information content (AvgIpc) is 3.02. The van der Waals surface area contributed by atoms with Gasteiger partial charge in [-0.3, -0.25) is 9.78 Å². The van der Waals surface area contributed by atoms with Crippen LogP contribution in [-0.2, 0) is 6.42 Å². The standard InChI is InChI=1S/C19H24N4O3S/c1-12(2)10-14(11-24)20-16-15-17(23-19(25)27-15)22-18(21-16)26-9-8-13-6-4-3-5-7-13/h3-7,12,14,24H,8-11H2,1-2H3,(H2,20,21,22,23,25)/t14-/m1/s1. The van der Waals surface area contributed by atoms with Gasteiger partial charge in [-0.05, 0) is 17.9 Å². The summed E-state index contributed by atoms with van der Waals surface area (Å²) < 4.78 is 6.36. The summed E-state index contributed by atoms with van der Waals surface area (Å²) in [5, 5.41) is 12.9. The monoisotopic (exact) mass is 388 g/mol. The minimum absolute atomic E-state index is 0.0206. The minimum Gasteiger partial charge on any atom is -0.463 e. The molecule has 0 spiro atoms. The molecule has 0 aliphatic carbocycles. The molecule has 0 saturated carbocycles. The Bertz CT molecular complexity index is 924. The van der Waals surface area contributed by atoms with Gasteiger partial charge in [0.2, 0.25) is 0 Å². The molecule has 2 heterocycles. The van der Waals surface area contributed by atoms with Crippen LogP contribution in [0.25, 0.3) is 10.3 Å². The van der Waals surface area contributed by atoms with Gasteiger partial charge in [-0.1, -0.05) is 55.5 Å². The lowest BCUT2D eigenvalue weighted by Crippen LogP contribution is -2.26. The highest BCUT2D eigenvalue weighted by molar-refractivity contribution is 7.16. The molecule has 1 aromatic carbocycles. The molecule has 0 unspecified atom stereocenters. The van der Waals surface area contributed by atoms with E-state index < -0.39 is 0 Å². The first-order valence-corrected chi connectivity index (χ1v) is 9.81. The number of nitrogens with one attached hydrogen (secondary N) is 2. The van der Waals surface area contributed by atoms with E-state index in [1.54, 1.807) is 0 Å². The van der Waals surface area contributed by atoms with Crippen molar-refractivity contribution in [3.63, 3.8) is 0 Å². The summed E-state index contributed by atoms with van der Waals surface area (Å²) in [6.07, 6.45) is 1.52. The summed E-state index contributed by atoms with van der Waals surface area (Å²) in [6, 6.07) is 10.1. The van der Waals surface area contributed by atoms with E-state index in [1.165, 1.54) is 0 Å². The molecule has 2 aromatic heterocycles. The van der Waals surface area contributed by atoms with Crippen molar-refractivity contribution in [2.45, 2.75) is 32.7 Å². The molecule has 3 N–H and O–H groups in total. The number of anilines is 1. The quantitative estimate of drug-likeness (QED) is 0.521. The Morgan fingerprint density at radius 2 is 2.04 bits per heavy atom. The average molecular weight is 388 g/mol. The lowest BCUT2D eigenvalue weighted by atomic mass is 10.0. The Morgan fingerprint density at radius 1 is 1.26 bits per heavy atom. The highest BCUT2D eigenvalue weighted by Crippen LogP contribution is 2.25. The number of rotatable bonds is 9. The number of nitrogens with zero attached hydrogens (tertiary/aromatic N) is 2. The highest BCUT2D eigenvalue weighted by atomic mass is 32.1. The van der Waals surface area contributed by atoms with Crippen LogP contribution in [0.3, 0.4) is 0 Å². The van der Waals surface area contributed by atoms with Gasteiger partial charge >= 0.3 is 10.9 Å². The van der Waals surface area contributed by atoms with Gasteiger partial charge in [0.25, 0.3) is 0 Å². The molecular formula is C19H24N4O3S. The van der Waals surface area contributed by atoms with Crippen LogP contribution >= 0.6 is 11.3 Å². The normalized spacial score (nSPS) is 12.4. The van der Waals surface area contributed by atoms with Gasteiger partial charge < -0.3 is 15.2 Å². The van der Waals surface area contributed by atoms with E-state index >= 15 is 0 Å². The second-order valence-corrected chi connectivity index (χ2v) is 7.77. The number of aliphatic hydroxyl groups is 1. The van der Waals surface area contributed by atoms with Crippen molar-refractivity contribution in [2.75, 3.05) is 18.5 Å². The maximum absolute atomic E-state index is 11.8. The Kier molecular flexibility index (Phi) is 6.41. The number of benzene rings is 1. The van der Waals surface area contributed by atoms with E-state index in [-0.39, 0.29) is 23.5 Å². The SMILES string of the molecule is CC(C)C[C@H](CO)Nc1nc(OCCc2ccccc2)nc2[nH]c(=O)sc12. The lowest BCUT2D eigenvalue weighted by Gasteiger charge is -2.19. The van der Waals surface area contributed by atoms with Gasteiger partial charge in [-0.15, -0.1) is 0 Å². The Morgan fingerprint density at radius 3 is 2.74 bits per heavy atom. The van der Waals surface area contributed by atoms with Crippen LogP contribution in [0.15, 0.2) is 35.1 Å². The third kappa shape index (κ3) is 5.27. The molecule has 3 aromatic rings. The van der Waals surface area contributed by atoms with Gasteiger partial charge in [0.1, 0.15) is 4.70 Å². The van der Waals surface area contributed by atoms with Crippen molar-refractivity contribution in [3.05, 3.63) is 45.6 Å². The number of fused-ring (bicyclic) bond motifs is 1. The molecule has 1 atom stereocenters. The van der Waals surface area contributed by atoms with E-state index in [0.717, 1.165) is 29.7 Å². The van der Waals surface area contributed by atoms with Crippen LogP contribution in [0, 0.1) is 5.92 Å². The molecule has 0 aliphatic heterocycles. The first-order valence-electron chi connectivity index (χ1n) is 9.00. The molecule has 3 rings (SSSR count).